The third-order valence-electron chi connectivity index (χ3n) is 13.0. The molecule has 4 heteroatoms. The molecule has 3 aromatic heterocycles. The molecule has 11 aromatic rings. The van der Waals surface area contributed by atoms with E-state index in [0.717, 1.165) is 87.3 Å². The molecule has 0 atom stereocenters. The zero-order chi connectivity index (χ0) is 46.9. The first-order valence-corrected chi connectivity index (χ1v) is 24.0. The van der Waals surface area contributed by atoms with Gasteiger partial charge in [0, 0.05) is 18.6 Å². The van der Waals surface area contributed by atoms with Crippen molar-refractivity contribution in [2.24, 2.45) is 0 Å². The molecule has 0 spiro atoms. The Morgan fingerprint density at radius 2 is 0.732 bits per heavy atom. The van der Waals surface area contributed by atoms with Crippen molar-refractivity contribution in [1.82, 2.24) is 15.0 Å². The molecule has 0 unspecified atom stereocenters. The second kappa shape index (κ2) is 22.1. The molecule has 0 N–H and O–H groups in total. The largest absolute Gasteiger partial charge is 3.00 e. The van der Waals surface area contributed by atoms with E-state index in [9.17, 15) is 0 Å². The third-order valence-corrected chi connectivity index (χ3v) is 13.0. The van der Waals surface area contributed by atoms with E-state index in [4.69, 9.17) is 4.98 Å². The average molecular weight is 1090 g/mol. The maximum Gasteiger partial charge on any atom is 3.00 e. The van der Waals surface area contributed by atoms with Crippen molar-refractivity contribution in [2.45, 2.75) is 25.7 Å². The molecule has 3 nitrogen and oxygen atoms in total. The summed E-state index contributed by atoms with van der Waals surface area (Å²) in [7, 11) is 0. The van der Waals surface area contributed by atoms with Crippen molar-refractivity contribution < 1.29 is 20.1 Å². The number of hydrogen-bond acceptors (Lipinski definition) is 3. The Hall–Kier alpha value is -8.14. The maximum absolute atomic E-state index is 4.74. The fourth-order valence-corrected chi connectivity index (χ4v) is 9.32. The van der Waals surface area contributed by atoms with Crippen molar-refractivity contribution in [3.05, 3.63) is 283 Å². The Kier molecular flexibility index (Phi) is 14.5. The molecule has 0 saturated carbocycles. The van der Waals surface area contributed by atoms with Gasteiger partial charge in [0.05, 0.1) is 0 Å². The molecule has 0 bridgehead atoms. The predicted octanol–water partition coefficient (Wildman–Crippen LogP) is 16.2. The number of hydrogen-bond donors (Lipinski definition) is 0. The Balaban J connectivity index is 0.00000582. The van der Waals surface area contributed by atoms with Crippen molar-refractivity contribution >= 4 is 0 Å². The van der Waals surface area contributed by atoms with Gasteiger partial charge in [-0.05, 0) is 104 Å². The topological polar surface area (TPSA) is 38.7 Å². The quantitative estimate of drug-likeness (QED) is 0.102. The van der Waals surface area contributed by atoms with Crippen LogP contribution in [0.5, 0.6) is 0 Å². The predicted molar refractivity (Wildman–Crippen MR) is 288 cm³/mol. The van der Waals surface area contributed by atoms with Crippen LogP contribution >= 0.6 is 0 Å². The van der Waals surface area contributed by atoms with Crippen molar-refractivity contribution in [2.75, 3.05) is 0 Å². The van der Waals surface area contributed by atoms with Crippen LogP contribution in [0.2, 0.25) is 0 Å². The summed E-state index contributed by atoms with van der Waals surface area (Å²) in [5.41, 5.74) is 22.5. The number of benzene rings is 8. The van der Waals surface area contributed by atoms with E-state index in [1.54, 1.807) is 0 Å². The van der Waals surface area contributed by atoms with Gasteiger partial charge in [-0.25, -0.2) is 0 Å². The van der Waals surface area contributed by atoms with E-state index in [1.165, 1.54) is 50.1 Å². The Morgan fingerprint density at radius 1 is 0.268 bits per heavy atom. The Labute approximate surface area is 431 Å². The maximum atomic E-state index is 4.74. The van der Waals surface area contributed by atoms with Crippen LogP contribution in [0.1, 0.15) is 22.3 Å². The number of aromatic nitrogens is 3. The van der Waals surface area contributed by atoms with Gasteiger partial charge in [-0.15, -0.1) is 94.5 Å². The van der Waals surface area contributed by atoms with E-state index in [0.29, 0.717) is 0 Å². The van der Waals surface area contributed by atoms with Crippen LogP contribution in [0.4, 0.5) is 0 Å². The molecular weight excluding hydrogens is 1040 g/mol. The summed E-state index contributed by atoms with van der Waals surface area (Å²) in [6, 6.07) is 90.5. The molecule has 0 aliphatic rings. The van der Waals surface area contributed by atoms with Gasteiger partial charge < -0.3 is 15.0 Å². The molecule has 71 heavy (non-hydrogen) atoms. The van der Waals surface area contributed by atoms with Crippen LogP contribution in [0.15, 0.2) is 243 Å². The molecule has 3 heterocycles. The first-order valence-electron chi connectivity index (χ1n) is 24.0. The minimum atomic E-state index is 0. The van der Waals surface area contributed by atoms with Gasteiger partial charge in [0.1, 0.15) is 0 Å². The number of nitrogens with zero attached hydrogens (tertiary/aromatic N) is 3. The van der Waals surface area contributed by atoms with Crippen LogP contribution in [0.3, 0.4) is 0 Å². The van der Waals surface area contributed by atoms with Crippen molar-refractivity contribution in [1.29, 1.82) is 0 Å². The van der Waals surface area contributed by atoms with Gasteiger partial charge in [0.25, 0.3) is 0 Å². The minimum Gasteiger partial charge on any atom is -0.305 e. The molecule has 0 saturated heterocycles. The van der Waals surface area contributed by atoms with Gasteiger partial charge in [-0.2, -0.15) is 0 Å². The fourth-order valence-electron chi connectivity index (χ4n) is 9.32. The summed E-state index contributed by atoms with van der Waals surface area (Å²) in [5, 5.41) is 0. The molecule has 11 rings (SSSR count). The molecule has 340 valence electrons. The zero-order valence-electron chi connectivity index (χ0n) is 39.1. The third kappa shape index (κ3) is 11.0. The number of pyridine rings is 3. The second-order valence-corrected chi connectivity index (χ2v) is 17.6. The van der Waals surface area contributed by atoms with Crippen LogP contribution in [-0.2, 0) is 45.8 Å². The van der Waals surface area contributed by atoms with E-state index in [-0.39, 0.29) is 20.1 Å². The molecule has 0 fully saturated rings. The summed E-state index contributed by atoms with van der Waals surface area (Å²) in [4.78, 5) is 13.8. The summed E-state index contributed by atoms with van der Waals surface area (Å²) in [6.45, 7) is 0. The van der Waals surface area contributed by atoms with Crippen molar-refractivity contribution in [3.8, 4) is 89.4 Å². The van der Waals surface area contributed by atoms with E-state index >= 15 is 0 Å². The second-order valence-electron chi connectivity index (χ2n) is 17.6. The van der Waals surface area contributed by atoms with E-state index in [1.807, 2.05) is 67.1 Å². The summed E-state index contributed by atoms with van der Waals surface area (Å²) in [5.74, 6) is 0. The number of aryl methyl sites for hydroxylation is 4. The fraction of sp³-hybridized carbons (Fsp3) is 0.0597. The normalized spacial score (nSPS) is 10.9. The minimum absolute atomic E-state index is 0. The number of rotatable bonds is 14. The molecule has 0 amide bonds. The van der Waals surface area contributed by atoms with Crippen LogP contribution in [0, 0.1) is 18.2 Å². The molecule has 0 radical (unpaired) electrons. The van der Waals surface area contributed by atoms with Gasteiger partial charge in [0.2, 0.25) is 0 Å². The van der Waals surface area contributed by atoms with Crippen LogP contribution in [-0.4, -0.2) is 15.0 Å². The molecule has 0 aliphatic carbocycles. The molecule has 8 aromatic carbocycles. The average Bonchev–Trinajstić information content (AvgIpc) is 3.45. The zero-order valence-corrected chi connectivity index (χ0v) is 41.5. The Morgan fingerprint density at radius 3 is 1.28 bits per heavy atom. The van der Waals surface area contributed by atoms with Gasteiger partial charge in [-0.1, -0.05) is 181 Å². The first-order chi connectivity index (χ1) is 34.7. The van der Waals surface area contributed by atoms with E-state index < -0.39 is 0 Å². The van der Waals surface area contributed by atoms with E-state index in [2.05, 4.69) is 204 Å². The standard InChI is InChI=1S/C67H48N3.Ir/c1-2-13-52(14-3-1)53-34-36-54(37-35-53)57-15-12-16-58(46-57)64-47-59(67-21-8-11-42-70-67)38-39-63(64)62-18-5-4-17-61(62)60-44-50(24-22-48-26-30-55(31-27-48)65-19-6-9-40-68-65)43-51(45-60)25-23-49-28-32-56(33-29-49)66-20-7-10-41-69-66;/h1-21,26-30,32,34-37,39-47H,22-25H2;/q-3;+3. The summed E-state index contributed by atoms with van der Waals surface area (Å²) >= 11 is 0. The summed E-state index contributed by atoms with van der Waals surface area (Å²) in [6.07, 6.45) is 9.08. The van der Waals surface area contributed by atoms with Crippen molar-refractivity contribution in [3.63, 3.8) is 0 Å². The van der Waals surface area contributed by atoms with Gasteiger partial charge in [-0.3, -0.25) is 0 Å². The van der Waals surface area contributed by atoms with Gasteiger partial charge in [0.15, 0.2) is 0 Å². The molecular formula is C67H48IrN3. The first kappa shape index (κ1) is 46.6. The summed E-state index contributed by atoms with van der Waals surface area (Å²) < 4.78 is 0. The van der Waals surface area contributed by atoms with Gasteiger partial charge >= 0.3 is 20.1 Å². The van der Waals surface area contributed by atoms with Crippen LogP contribution < -0.4 is 0 Å². The SMILES string of the molecule is [Ir+3].[c-]1cc(CCc2cc(CCc3c[c-]c(-c4ccccn4)cc3)cc(-c3ccccc3-c3c[c-]c(-c4ccccn4)cc3-c3cccc(-c4ccc(-c5ccccc5)cc4)c3)c2)ccc1-c1ccccn1. The molecule has 0 aliphatic heterocycles. The smallest absolute Gasteiger partial charge is 0.305 e. The van der Waals surface area contributed by atoms with Crippen LogP contribution in [0.25, 0.3) is 89.4 Å². The Bertz CT molecular complexity index is 3380. The monoisotopic (exact) mass is 1090 g/mol.